The number of amides is 1. The first-order valence-electron chi connectivity index (χ1n) is 7.19. The Balaban J connectivity index is 1.66. The highest BCUT2D eigenvalue weighted by Crippen LogP contribution is 2.18. The van der Waals surface area contributed by atoms with Crippen LogP contribution in [0.4, 0.5) is 4.39 Å². The Hall–Kier alpha value is -2.77. The van der Waals surface area contributed by atoms with Gasteiger partial charge in [0, 0.05) is 12.7 Å². The van der Waals surface area contributed by atoms with Gasteiger partial charge in [0.15, 0.2) is 5.82 Å². The summed E-state index contributed by atoms with van der Waals surface area (Å²) in [5.41, 5.74) is 0.323. The Morgan fingerprint density at radius 3 is 2.83 bits per heavy atom. The van der Waals surface area contributed by atoms with Crippen molar-refractivity contribution in [2.45, 2.75) is 18.9 Å². The van der Waals surface area contributed by atoms with E-state index in [0.29, 0.717) is 18.7 Å². The third kappa shape index (κ3) is 3.71. The number of piperidine rings is 1. The summed E-state index contributed by atoms with van der Waals surface area (Å²) in [7, 11) is 0. The number of halogens is 1. The molecule has 0 bridgehead atoms. The molecule has 23 heavy (non-hydrogen) atoms. The van der Waals surface area contributed by atoms with E-state index in [-0.39, 0.29) is 23.8 Å². The molecule has 2 aromatic rings. The largest absolute Gasteiger partial charge is 0.506 e. The summed E-state index contributed by atoms with van der Waals surface area (Å²) in [5, 5.41) is 9.42. The van der Waals surface area contributed by atoms with Crippen LogP contribution in [-0.4, -0.2) is 50.1 Å². The Kier molecular flexibility index (Phi) is 4.31. The fourth-order valence-electron chi connectivity index (χ4n) is 2.46. The maximum Gasteiger partial charge on any atom is 0.316 e. The van der Waals surface area contributed by atoms with Crippen LogP contribution in [-0.2, 0) is 0 Å². The Morgan fingerprint density at radius 1 is 1.30 bits per heavy atom. The van der Waals surface area contributed by atoms with Crippen molar-refractivity contribution in [2.75, 3.05) is 13.1 Å². The molecule has 3 rings (SSSR count). The first-order valence-corrected chi connectivity index (χ1v) is 7.19. The van der Waals surface area contributed by atoms with E-state index in [1.165, 1.54) is 18.5 Å². The number of nitrogens with zero attached hydrogens (tertiary/aromatic N) is 4. The molecular weight excluding hydrogens is 303 g/mol. The van der Waals surface area contributed by atoms with Gasteiger partial charge in [-0.2, -0.15) is 0 Å². The van der Waals surface area contributed by atoms with Crippen LogP contribution in [0.1, 0.15) is 23.2 Å². The minimum Gasteiger partial charge on any atom is -0.506 e. The lowest BCUT2D eigenvalue weighted by molar-refractivity contribution is 0.0514. The molecule has 0 saturated carbocycles. The molecule has 1 N–H and O–H groups in total. The number of ether oxygens (including phenoxy) is 1. The maximum absolute atomic E-state index is 12.8. The van der Waals surface area contributed by atoms with Crippen molar-refractivity contribution in [1.29, 1.82) is 0 Å². The molecule has 120 valence electrons. The van der Waals surface area contributed by atoms with Crippen LogP contribution in [0, 0.1) is 5.82 Å². The molecule has 2 aromatic heterocycles. The average Bonchev–Trinajstić information content (AvgIpc) is 2.56. The molecule has 1 aliphatic heterocycles. The zero-order chi connectivity index (χ0) is 16.2. The number of likely N-dealkylation sites (tertiary alicyclic amines) is 1. The number of pyridine rings is 1. The van der Waals surface area contributed by atoms with Gasteiger partial charge < -0.3 is 14.7 Å². The van der Waals surface area contributed by atoms with E-state index < -0.39 is 5.82 Å². The molecule has 1 atom stereocenters. The molecule has 3 heterocycles. The lowest BCUT2D eigenvalue weighted by atomic mass is 10.1. The van der Waals surface area contributed by atoms with Gasteiger partial charge in [-0.1, -0.05) is 0 Å². The predicted octanol–water partition coefficient (Wildman–Crippen LogP) is 1.40. The zero-order valence-electron chi connectivity index (χ0n) is 12.2. The summed E-state index contributed by atoms with van der Waals surface area (Å²) in [5.74, 6) is -0.809. The van der Waals surface area contributed by atoms with Crippen molar-refractivity contribution >= 4 is 5.91 Å². The summed E-state index contributed by atoms with van der Waals surface area (Å²) < 4.78 is 18.4. The van der Waals surface area contributed by atoms with Gasteiger partial charge in [0.25, 0.3) is 5.91 Å². The average molecular weight is 318 g/mol. The van der Waals surface area contributed by atoms with E-state index in [1.807, 2.05) is 0 Å². The number of carbonyl (C=O) groups excluding carboxylic acids is 1. The molecule has 0 radical (unpaired) electrons. The van der Waals surface area contributed by atoms with Crippen molar-refractivity contribution in [2.24, 2.45) is 0 Å². The van der Waals surface area contributed by atoms with Crippen molar-refractivity contribution in [3.05, 3.63) is 42.2 Å². The van der Waals surface area contributed by atoms with Gasteiger partial charge in [-0.25, -0.2) is 14.4 Å². The second-order valence-electron chi connectivity index (χ2n) is 5.25. The molecule has 8 heteroatoms. The van der Waals surface area contributed by atoms with Crippen LogP contribution < -0.4 is 4.74 Å². The van der Waals surface area contributed by atoms with Crippen LogP contribution in [0.3, 0.4) is 0 Å². The van der Waals surface area contributed by atoms with E-state index in [0.717, 1.165) is 25.2 Å². The molecular formula is C15H15FN4O3. The minimum absolute atomic E-state index is 0.0552. The van der Waals surface area contributed by atoms with E-state index in [9.17, 15) is 14.3 Å². The Morgan fingerprint density at radius 2 is 2.09 bits per heavy atom. The highest BCUT2D eigenvalue weighted by molar-refractivity contribution is 5.94. The van der Waals surface area contributed by atoms with Crippen LogP contribution >= 0.6 is 0 Å². The third-order valence-corrected chi connectivity index (χ3v) is 3.50. The molecule has 0 spiro atoms. The number of aromatic nitrogens is 3. The first-order chi connectivity index (χ1) is 11.1. The summed E-state index contributed by atoms with van der Waals surface area (Å²) in [4.78, 5) is 25.4. The zero-order valence-corrected chi connectivity index (χ0v) is 12.2. The molecule has 1 amide bonds. The highest BCUT2D eigenvalue weighted by Gasteiger charge is 2.26. The van der Waals surface area contributed by atoms with E-state index >= 15 is 0 Å². The topological polar surface area (TPSA) is 88.4 Å². The second kappa shape index (κ2) is 6.55. The van der Waals surface area contributed by atoms with Gasteiger partial charge in [-0.15, -0.1) is 0 Å². The third-order valence-electron chi connectivity index (χ3n) is 3.50. The smallest absolute Gasteiger partial charge is 0.316 e. The van der Waals surface area contributed by atoms with Crippen molar-refractivity contribution in [3.8, 4) is 11.8 Å². The summed E-state index contributed by atoms with van der Waals surface area (Å²) in [6, 6.07) is 1.47. The lowest BCUT2D eigenvalue weighted by Gasteiger charge is -2.32. The van der Waals surface area contributed by atoms with Crippen molar-refractivity contribution in [1.82, 2.24) is 19.9 Å². The number of carbonyl (C=O) groups is 1. The maximum atomic E-state index is 12.8. The molecule has 1 aliphatic rings. The van der Waals surface area contributed by atoms with Gasteiger partial charge in [-0.05, 0) is 18.9 Å². The van der Waals surface area contributed by atoms with Gasteiger partial charge in [0.2, 0.25) is 0 Å². The van der Waals surface area contributed by atoms with Gasteiger partial charge in [0.1, 0.15) is 11.9 Å². The lowest BCUT2D eigenvalue weighted by Crippen LogP contribution is -2.44. The van der Waals surface area contributed by atoms with Crippen LogP contribution in [0.15, 0.2) is 30.9 Å². The molecule has 1 saturated heterocycles. The van der Waals surface area contributed by atoms with Crippen molar-refractivity contribution < 1.29 is 19.0 Å². The number of hydrogen-bond acceptors (Lipinski definition) is 6. The van der Waals surface area contributed by atoms with Crippen LogP contribution in [0.2, 0.25) is 0 Å². The fraction of sp³-hybridized carbons (Fsp3) is 0.333. The Labute approximate surface area is 131 Å². The summed E-state index contributed by atoms with van der Waals surface area (Å²) >= 11 is 0. The monoisotopic (exact) mass is 318 g/mol. The van der Waals surface area contributed by atoms with Gasteiger partial charge in [0.05, 0.1) is 30.7 Å². The molecule has 0 aliphatic carbocycles. The predicted molar refractivity (Wildman–Crippen MR) is 77.4 cm³/mol. The minimum atomic E-state index is -0.533. The molecule has 1 fully saturated rings. The second-order valence-corrected chi connectivity index (χ2v) is 5.25. The fourth-order valence-corrected chi connectivity index (χ4v) is 2.46. The first kappa shape index (κ1) is 15.1. The number of rotatable bonds is 3. The van der Waals surface area contributed by atoms with E-state index in [2.05, 4.69) is 15.0 Å². The number of hydrogen-bond donors (Lipinski definition) is 1. The SMILES string of the molecule is O=C(c1cncc(O)c1)N1CCCC(Oc2ncc(F)cn2)C1. The molecule has 1 unspecified atom stereocenters. The molecule has 0 aromatic carbocycles. The summed E-state index contributed by atoms with van der Waals surface area (Å²) in [6.07, 6.45) is 6.01. The molecule has 7 nitrogen and oxygen atoms in total. The quantitative estimate of drug-likeness (QED) is 0.920. The van der Waals surface area contributed by atoms with Crippen molar-refractivity contribution in [3.63, 3.8) is 0 Å². The highest BCUT2D eigenvalue weighted by atomic mass is 19.1. The van der Waals surface area contributed by atoms with Crippen LogP contribution in [0.25, 0.3) is 0 Å². The summed E-state index contributed by atoms with van der Waals surface area (Å²) in [6.45, 7) is 0.966. The van der Waals surface area contributed by atoms with E-state index in [4.69, 9.17) is 4.74 Å². The Bertz CT molecular complexity index is 695. The standard InChI is InChI=1S/C15H15FN4O3/c16-11-6-18-15(19-7-11)23-13-2-1-3-20(9-13)14(22)10-4-12(21)8-17-5-10/h4-8,13,21H,1-3,9H2. The van der Waals surface area contributed by atoms with E-state index in [1.54, 1.807) is 4.90 Å². The van der Waals surface area contributed by atoms with Crippen LogP contribution in [0.5, 0.6) is 11.8 Å². The van der Waals surface area contributed by atoms with Gasteiger partial charge >= 0.3 is 6.01 Å². The number of aromatic hydroxyl groups is 1. The van der Waals surface area contributed by atoms with Gasteiger partial charge in [-0.3, -0.25) is 9.78 Å². The normalized spacial score (nSPS) is 17.8.